The minimum Gasteiger partial charge on any atom is -0.450 e. The van der Waals surface area contributed by atoms with Crippen molar-refractivity contribution in [1.29, 1.82) is 0 Å². The molecule has 0 aromatic rings. The van der Waals surface area contributed by atoms with Gasteiger partial charge in [0.2, 0.25) is 0 Å². The maximum absolute atomic E-state index is 11.7. The van der Waals surface area contributed by atoms with Crippen LogP contribution < -0.4 is 5.32 Å². The van der Waals surface area contributed by atoms with Gasteiger partial charge in [-0.1, -0.05) is 6.92 Å². The number of ether oxygens (including phenoxy) is 2. The smallest absolute Gasteiger partial charge is 0.407 e. The highest BCUT2D eigenvalue weighted by Crippen LogP contribution is 2.28. The fourth-order valence-electron chi connectivity index (χ4n) is 3.04. The molecule has 1 fully saturated rings. The van der Waals surface area contributed by atoms with Crippen LogP contribution in [0.2, 0.25) is 0 Å². The van der Waals surface area contributed by atoms with Gasteiger partial charge in [-0.15, -0.1) is 0 Å². The molecule has 1 saturated carbocycles. The lowest BCUT2D eigenvalue weighted by atomic mass is 9.81. The van der Waals surface area contributed by atoms with Crippen molar-refractivity contribution < 1.29 is 44.9 Å². The van der Waals surface area contributed by atoms with Gasteiger partial charge in [0.15, 0.2) is 0 Å². The van der Waals surface area contributed by atoms with Crippen LogP contribution in [0.5, 0.6) is 0 Å². The number of hydrogen-bond donors (Lipinski definition) is 7. The number of aliphatic hydroxyl groups excluding tert-OH is 6. The van der Waals surface area contributed by atoms with E-state index >= 15 is 0 Å². The van der Waals surface area contributed by atoms with Crippen LogP contribution in [-0.4, -0.2) is 99.2 Å². The van der Waals surface area contributed by atoms with E-state index in [0.717, 1.165) is 0 Å². The molecule has 160 valence electrons. The van der Waals surface area contributed by atoms with E-state index in [1.807, 2.05) is 0 Å². The van der Waals surface area contributed by atoms with Crippen LogP contribution in [0, 0.1) is 5.92 Å². The van der Waals surface area contributed by atoms with E-state index in [1.54, 1.807) is 13.8 Å². The maximum Gasteiger partial charge on any atom is 0.407 e. The van der Waals surface area contributed by atoms with E-state index in [2.05, 4.69) is 5.32 Å². The van der Waals surface area contributed by atoms with Gasteiger partial charge in [-0.25, -0.2) is 4.79 Å². The Kier molecular flexibility index (Phi) is 10.5. The lowest BCUT2D eigenvalue weighted by Gasteiger charge is -2.40. The summed E-state index contributed by atoms with van der Waals surface area (Å²) < 4.78 is 10.4. The summed E-state index contributed by atoms with van der Waals surface area (Å²) in [6.45, 7) is 2.90. The molecule has 8 atom stereocenters. The molecular formula is C17H33NO9. The van der Waals surface area contributed by atoms with Gasteiger partial charge in [0, 0.05) is 18.9 Å². The van der Waals surface area contributed by atoms with Gasteiger partial charge in [0.05, 0.1) is 43.7 Å². The molecule has 0 bridgehead atoms. The topological polar surface area (TPSA) is 169 Å². The lowest BCUT2D eigenvalue weighted by molar-refractivity contribution is -0.181. The summed E-state index contributed by atoms with van der Waals surface area (Å²) >= 11 is 0. The summed E-state index contributed by atoms with van der Waals surface area (Å²) in [7, 11) is 0. The van der Waals surface area contributed by atoms with Crippen LogP contribution in [0.25, 0.3) is 0 Å². The average Bonchev–Trinajstić information content (AvgIpc) is 2.64. The molecule has 0 spiro atoms. The van der Waals surface area contributed by atoms with E-state index in [9.17, 15) is 35.4 Å². The molecule has 0 heterocycles. The molecule has 1 aliphatic carbocycles. The van der Waals surface area contributed by atoms with E-state index in [4.69, 9.17) is 9.47 Å². The normalized spacial score (nSPS) is 31.8. The SMILES string of the molecule is CCOC(=O)NC(COC1CC(CO)C(O)C(O)C1O)C(O)CC(O)CC. The Balaban J connectivity index is 2.74. The highest BCUT2D eigenvalue weighted by molar-refractivity contribution is 5.67. The second-order valence-electron chi connectivity index (χ2n) is 6.86. The minimum atomic E-state index is -1.48. The predicted molar refractivity (Wildman–Crippen MR) is 93.8 cm³/mol. The molecule has 0 aromatic heterocycles. The lowest BCUT2D eigenvalue weighted by Crippen LogP contribution is -2.56. The third-order valence-corrected chi connectivity index (χ3v) is 4.85. The molecule has 8 unspecified atom stereocenters. The van der Waals surface area contributed by atoms with Crippen molar-refractivity contribution in [2.75, 3.05) is 19.8 Å². The van der Waals surface area contributed by atoms with E-state index in [1.165, 1.54) is 0 Å². The van der Waals surface area contributed by atoms with Crippen molar-refractivity contribution in [1.82, 2.24) is 5.32 Å². The number of carbonyl (C=O) groups is 1. The number of aliphatic hydroxyl groups is 6. The highest BCUT2D eigenvalue weighted by atomic mass is 16.5. The van der Waals surface area contributed by atoms with E-state index in [0.29, 0.717) is 6.42 Å². The maximum atomic E-state index is 11.7. The molecule has 0 saturated heterocycles. The van der Waals surface area contributed by atoms with E-state index in [-0.39, 0.29) is 32.7 Å². The number of hydrogen-bond acceptors (Lipinski definition) is 9. The fraction of sp³-hybridized carbons (Fsp3) is 0.941. The Bertz CT molecular complexity index is 437. The summed E-state index contributed by atoms with van der Waals surface area (Å²) in [5.41, 5.74) is 0. The molecule has 0 aromatic carbocycles. The first-order chi connectivity index (χ1) is 12.7. The quantitative estimate of drug-likeness (QED) is 0.223. The fourth-order valence-corrected chi connectivity index (χ4v) is 3.04. The van der Waals surface area contributed by atoms with Gasteiger partial charge in [0.25, 0.3) is 0 Å². The zero-order chi connectivity index (χ0) is 20.6. The Labute approximate surface area is 158 Å². The Morgan fingerprint density at radius 1 is 1.15 bits per heavy atom. The third-order valence-electron chi connectivity index (χ3n) is 4.85. The molecule has 10 nitrogen and oxygen atoms in total. The first-order valence-electron chi connectivity index (χ1n) is 9.31. The van der Waals surface area contributed by atoms with Crippen LogP contribution in [0.3, 0.4) is 0 Å². The van der Waals surface area contributed by atoms with Gasteiger partial charge >= 0.3 is 6.09 Å². The minimum absolute atomic E-state index is 0.00472. The number of rotatable bonds is 10. The molecule has 1 amide bonds. The molecule has 0 aliphatic heterocycles. The largest absolute Gasteiger partial charge is 0.450 e. The monoisotopic (exact) mass is 395 g/mol. The van der Waals surface area contributed by atoms with Crippen LogP contribution in [-0.2, 0) is 9.47 Å². The molecule has 7 N–H and O–H groups in total. The molecular weight excluding hydrogens is 362 g/mol. The summed E-state index contributed by atoms with van der Waals surface area (Å²) in [4.78, 5) is 11.7. The van der Waals surface area contributed by atoms with Crippen LogP contribution in [0.4, 0.5) is 4.79 Å². The molecule has 10 heteroatoms. The zero-order valence-electron chi connectivity index (χ0n) is 15.8. The second-order valence-corrected chi connectivity index (χ2v) is 6.86. The van der Waals surface area contributed by atoms with Gasteiger partial charge in [-0.05, 0) is 19.8 Å². The Morgan fingerprint density at radius 3 is 2.37 bits per heavy atom. The van der Waals surface area contributed by atoms with Crippen molar-refractivity contribution in [2.45, 2.75) is 75.8 Å². The summed E-state index contributed by atoms with van der Waals surface area (Å²) in [6.07, 6.45) is -7.18. The Hall–Kier alpha value is -1.01. The van der Waals surface area contributed by atoms with Crippen molar-refractivity contribution >= 4 is 6.09 Å². The van der Waals surface area contributed by atoms with Crippen LogP contribution >= 0.6 is 0 Å². The first kappa shape index (κ1) is 24.0. The van der Waals surface area contributed by atoms with E-state index < -0.39 is 54.7 Å². The predicted octanol–water partition coefficient (Wildman–Crippen LogP) is -1.90. The summed E-state index contributed by atoms with van der Waals surface area (Å²) in [5.74, 6) is -0.670. The Morgan fingerprint density at radius 2 is 1.81 bits per heavy atom. The highest BCUT2D eigenvalue weighted by Gasteiger charge is 2.43. The van der Waals surface area contributed by atoms with Crippen molar-refractivity contribution in [3.63, 3.8) is 0 Å². The average molecular weight is 395 g/mol. The molecule has 1 aliphatic rings. The molecule has 0 radical (unpaired) electrons. The van der Waals surface area contributed by atoms with Gasteiger partial charge < -0.3 is 45.4 Å². The van der Waals surface area contributed by atoms with Gasteiger partial charge in [-0.2, -0.15) is 0 Å². The summed E-state index contributed by atoms with van der Waals surface area (Å²) in [6, 6.07) is -0.922. The number of nitrogens with one attached hydrogen (secondary N) is 1. The summed E-state index contributed by atoms with van der Waals surface area (Å²) in [5, 5.41) is 61.6. The second kappa shape index (κ2) is 11.7. The van der Waals surface area contributed by atoms with Crippen molar-refractivity contribution in [3.05, 3.63) is 0 Å². The van der Waals surface area contributed by atoms with Crippen LogP contribution in [0.1, 0.15) is 33.1 Å². The zero-order valence-corrected chi connectivity index (χ0v) is 15.8. The standard InChI is InChI=1S/C17H33NO9/c1-3-10(20)6-12(21)11(18-17(25)26-4-2)8-27-13-5-9(7-19)14(22)16(24)15(13)23/h9-16,19-24H,3-8H2,1-2H3,(H,18,25). The molecule has 27 heavy (non-hydrogen) atoms. The number of amides is 1. The van der Waals surface area contributed by atoms with Crippen molar-refractivity contribution in [2.24, 2.45) is 5.92 Å². The van der Waals surface area contributed by atoms with Crippen molar-refractivity contribution in [3.8, 4) is 0 Å². The third kappa shape index (κ3) is 7.15. The molecule has 1 rings (SSSR count). The van der Waals surface area contributed by atoms with Gasteiger partial charge in [-0.3, -0.25) is 0 Å². The number of carbonyl (C=O) groups excluding carboxylic acids is 1. The first-order valence-corrected chi connectivity index (χ1v) is 9.31. The van der Waals surface area contributed by atoms with Crippen LogP contribution in [0.15, 0.2) is 0 Å². The van der Waals surface area contributed by atoms with Gasteiger partial charge in [0.1, 0.15) is 12.2 Å². The number of alkyl carbamates (subject to hydrolysis) is 1.